The van der Waals surface area contributed by atoms with E-state index in [1.54, 1.807) is 11.8 Å². The first-order valence-corrected chi connectivity index (χ1v) is 10.3. The summed E-state index contributed by atoms with van der Waals surface area (Å²) in [5, 5.41) is 20.3. The number of urea groups is 1. The summed E-state index contributed by atoms with van der Waals surface area (Å²) in [4.78, 5) is 11.5. The highest BCUT2D eigenvalue weighted by Gasteiger charge is 1.98. The van der Waals surface area contributed by atoms with Gasteiger partial charge in [0.1, 0.15) is 0 Å². The van der Waals surface area contributed by atoms with Crippen LogP contribution >= 0.6 is 11.8 Å². The number of unbranched alkanes of at least 4 members (excludes halogenated alkanes) is 6. The number of aromatic amines is 1. The number of hydrogen-bond donors (Lipinski definition) is 3. The highest BCUT2D eigenvalue weighted by atomic mass is 32.2. The Bertz CT molecular complexity index is 452. The molecule has 0 aliphatic rings. The Hall–Kier alpha value is -1.57. The zero-order valence-corrected chi connectivity index (χ0v) is 16.1. The lowest BCUT2D eigenvalue weighted by Crippen LogP contribution is -2.36. The Morgan fingerprint density at radius 1 is 1.04 bits per heavy atom. The summed E-state index contributed by atoms with van der Waals surface area (Å²) in [6.07, 6.45) is 14.6. The van der Waals surface area contributed by atoms with Gasteiger partial charge in [-0.15, -0.1) is 10.2 Å². The lowest BCUT2D eigenvalue weighted by atomic mass is 10.2. The molecule has 142 valence electrons. The SMILES string of the molecule is CCCCCNC(=O)NCCCCC=CCCCCSc1nn[nH]n1. The Kier molecular flexibility index (Phi) is 13.7. The van der Waals surface area contributed by atoms with Crippen LogP contribution in [0.25, 0.3) is 0 Å². The van der Waals surface area contributed by atoms with Crippen molar-refractivity contribution in [1.29, 1.82) is 0 Å². The summed E-state index contributed by atoms with van der Waals surface area (Å²) in [6, 6.07) is -0.0367. The largest absolute Gasteiger partial charge is 0.338 e. The van der Waals surface area contributed by atoms with Gasteiger partial charge >= 0.3 is 6.03 Å². The maximum atomic E-state index is 11.5. The van der Waals surface area contributed by atoms with Crippen molar-refractivity contribution in [3.05, 3.63) is 12.2 Å². The normalized spacial score (nSPS) is 11.1. The number of tetrazole rings is 1. The number of allylic oxidation sites excluding steroid dienone is 2. The number of amides is 2. The first-order valence-electron chi connectivity index (χ1n) is 9.36. The van der Waals surface area contributed by atoms with Crippen LogP contribution in [-0.4, -0.2) is 45.5 Å². The number of H-pyrrole nitrogens is 1. The molecule has 0 saturated heterocycles. The minimum absolute atomic E-state index is 0.0367. The van der Waals surface area contributed by atoms with Crippen LogP contribution in [0.4, 0.5) is 4.79 Å². The van der Waals surface area contributed by atoms with Crippen LogP contribution in [0.3, 0.4) is 0 Å². The molecule has 0 atom stereocenters. The van der Waals surface area contributed by atoms with Crippen molar-refractivity contribution in [2.75, 3.05) is 18.8 Å². The first-order chi connectivity index (χ1) is 12.3. The number of hydrogen-bond acceptors (Lipinski definition) is 5. The third kappa shape index (κ3) is 13.4. The van der Waals surface area contributed by atoms with Crippen LogP contribution in [0.2, 0.25) is 0 Å². The predicted octanol–water partition coefficient (Wildman–Crippen LogP) is 3.68. The zero-order chi connectivity index (χ0) is 18.0. The van der Waals surface area contributed by atoms with Crippen molar-refractivity contribution in [2.45, 2.75) is 69.9 Å². The Balaban J connectivity index is 1.79. The summed E-state index contributed by atoms with van der Waals surface area (Å²) in [6.45, 7) is 3.68. The first kappa shape index (κ1) is 21.5. The average molecular weight is 369 g/mol. The second-order valence-electron chi connectivity index (χ2n) is 5.90. The molecule has 25 heavy (non-hydrogen) atoms. The lowest BCUT2D eigenvalue weighted by Gasteiger charge is -2.06. The molecule has 1 aromatic rings. The monoisotopic (exact) mass is 368 g/mol. The van der Waals surface area contributed by atoms with Gasteiger partial charge in [-0.2, -0.15) is 5.21 Å². The molecular weight excluding hydrogens is 336 g/mol. The maximum Gasteiger partial charge on any atom is 0.314 e. The molecule has 2 amide bonds. The molecule has 7 nitrogen and oxygen atoms in total. The van der Waals surface area contributed by atoms with Crippen LogP contribution < -0.4 is 10.6 Å². The summed E-state index contributed by atoms with van der Waals surface area (Å²) in [7, 11) is 0. The zero-order valence-electron chi connectivity index (χ0n) is 15.3. The number of aromatic nitrogens is 4. The van der Waals surface area contributed by atoms with E-state index in [0.29, 0.717) is 0 Å². The van der Waals surface area contributed by atoms with Gasteiger partial charge in [-0.05, 0) is 50.2 Å². The number of carbonyl (C=O) groups is 1. The van der Waals surface area contributed by atoms with Gasteiger partial charge in [-0.1, -0.05) is 43.7 Å². The van der Waals surface area contributed by atoms with Crippen LogP contribution in [0.1, 0.15) is 64.7 Å². The van der Waals surface area contributed by atoms with E-state index < -0.39 is 0 Å². The average Bonchev–Trinajstić information content (AvgIpc) is 3.13. The fourth-order valence-electron chi connectivity index (χ4n) is 2.21. The van der Waals surface area contributed by atoms with Crippen LogP contribution in [0, 0.1) is 0 Å². The van der Waals surface area contributed by atoms with E-state index >= 15 is 0 Å². The summed E-state index contributed by atoms with van der Waals surface area (Å²) in [5.41, 5.74) is 0. The molecule has 0 bridgehead atoms. The molecular formula is C17H32N6OS. The quantitative estimate of drug-likeness (QED) is 0.249. The van der Waals surface area contributed by atoms with E-state index in [2.05, 4.69) is 50.3 Å². The van der Waals surface area contributed by atoms with E-state index in [0.717, 1.165) is 62.5 Å². The number of carbonyl (C=O) groups excluding carboxylic acids is 1. The van der Waals surface area contributed by atoms with Gasteiger partial charge in [-0.25, -0.2) is 4.79 Å². The van der Waals surface area contributed by atoms with Gasteiger partial charge in [0.15, 0.2) is 0 Å². The molecule has 0 saturated carbocycles. The fraction of sp³-hybridized carbons (Fsp3) is 0.765. The lowest BCUT2D eigenvalue weighted by molar-refractivity contribution is 0.240. The highest BCUT2D eigenvalue weighted by Crippen LogP contribution is 2.13. The van der Waals surface area contributed by atoms with Crippen molar-refractivity contribution in [2.24, 2.45) is 0 Å². The summed E-state index contributed by atoms with van der Waals surface area (Å²) < 4.78 is 0. The van der Waals surface area contributed by atoms with Crippen molar-refractivity contribution in [1.82, 2.24) is 31.3 Å². The molecule has 8 heteroatoms. The molecule has 0 fully saturated rings. The van der Waals surface area contributed by atoms with E-state index in [4.69, 9.17) is 0 Å². The number of nitrogens with one attached hydrogen (secondary N) is 3. The predicted molar refractivity (Wildman–Crippen MR) is 103 cm³/mol. The van der Waals surface area contributed by atoms with Crippen molar-refractivity contribution in [3.8, 4) is 0 Å². The molecule has 0 spiro atoms. The van der Waals surface area contributed by atoms with Gasteiger partial charge in [0, 0.05) is 18.8 Å². The molecule has 0 radical (unpaired) electrons. The minimum atomic E-state index is -0.0367. The summed E-state index contributed by atoms with van der Waals surface area (Å²) >= 11 is 1.63. The molecule has 0 aromatic carbocycles. The molecule has 0 aliphatic heterocycles. The number of nitrogens with zero attached hydrogens (tertiary/aromatic N) is 3. The molecule has 1 rings (SSSR count). The molecule has 0 unspecified atom stereocenters. The van der Waals surface area contributed by atoms with Gasteiger partial charge in [0.2, 0.25) is 5.16 Å². The minimum Gasteiger partial charge on any atom is -0.338 e. The second kappa shape index (κ2) is 15.9. The number of thioether (sulfide) groups is 1. The molecule has 1 aromatic heterocycles. The fourth-order valence-corrected chi connectivity index (χ4v) is 2.94. The number of rotatable bonds is 15. The van der Waals surface area contributed by atoms with Crippen LogP contribution in [0.5, 0.6) is 0 Å². The van der Waals surface area contributed by atoms with Gasteiger partial charge in [-0.3, -0.25) is 0 Å². The maximum absolute atomic E-state index is 11.5. The van der Waals surface area contributed by atoms with Gasteiger partial charge < -0.3 is 10.6 Å². The highest BCUT2D eigenvalue weighted by molar-refractivity contribution is 7.99. The topological polar surface area (TPSA) is 95.6 Å². The van der Waals surface area contributed by atoms with E-state index in [9.17, 15) is 4.79 Å². The van der Waals surface area contributed by atoms with Gasteiger partial charge in [0.25, 0.3) is 0 Å². The van der Waals surface area contributed by atoms with Crippen molar-refractivity contribution < 1.29 is 4.79 Å². The third-order valence-electron chi connectivity index (χ3n) is 3.64. The Morgan fingerprint density at radius 3 is 2.36 bits per heavy atom. The Labute approximate surface area is 155 Å². The molecule has 0 aliphatic carbocycles. The summed E-state index contributed by atoms with van der Waals surface area (Å²) in [5.74, 6) is 1.03. The van der Waals surface area contributed by atoms with E-state index in [-0.39, 0.29) is 6.03 Å². The van der Waals surface area contributed by atoms with Crippen LogP contribution in [-0.2, 0) is 0 Å². The standard InChI is InChI=1S/C17H32N6OS/c1-2-3-10-13-18-16(24)19-14-11-8-6-4-5-7-9-12-15-25-17-20-22-23-21-17/h4-5H,2-3,6-15H2,1H3,(H2,18,19,24)(H,20,21,22,23). The third-order valence-corrected chi connectivity index (χ3v) is 4.56. The molecule has 3 N–H and O–H groups in total. The van der Waals surface area contributed by atoms with E-state index in [1.807, 2.05) is 0 Å². The van der Waals surface area contributed by atoms with E-state index in [1.165, 1.54) is 19.3 Å². The second-order valence-corrected chi connectivity index (χ2v) is 6.96. The van der Waals surface area contributed by atoms with Crippen molar-refractivity contribution in [3.63, 3.8) is 0 Å². The van der Waals surface area contributed by atoms with Gasteiger partial charge in [0.05, 0.1) is 0 Å². The Morgan fingerprint density at radius 2 is 1.72 bits per heavy atom. The molecule has 1 heterocycles. The smallest absolute Gasteiger partial charge is 0.314 e. The van der Waals surface area contributed by atoms with Crippen molar-refractivity contribution >= 4 is 17.8 Å². The van der Waals surface area contributed by atoms with Crippen LogP contribution in [0.15, 0.2) is 17.3 Å².